The maximum absolute atomic E-state index is 11.0. The van der Waals surface area contributed by atoms with Crippen molar-refractivity contribution in [2.24, 2.45) is 0 Å². The molecule has 7 nitrogen and oxygen atoms in total. The van der Waals surface area contributed by atoms with Crippen LogP contribution in [0, 0.1) is 0 Å². The molecule has 0 aliphatic carbocycles. The van der Waals surface area contributed by atoms with Crippen molar-refractivity contribution in [3.63, 3.8) is 0 Å². The molecule has 17 heavy (non-hydrogen) atoms. The van der Waals surface area contributed by atoms with Gasteiger partial charge in [-0.1, -0.05) is 0 Å². The molecule has 0 saturated heterocycles. The van der Waals surface area contributed by atoms with Crippen LogP contribution < -0.4 is 5.32 Å². The first-order chi connectivity index (χ1) is 8.22. The molecular weight excluding hydrogens is 224 g/mol. The molecule has 0 saturated carbocycles. The van der Waals surface area contributed by atoms with Crippen LogP contribution in [-0.4, -0.2) is 45.4 Å². The van der Waals surface area contributed by atoms with Crippen molar-refractivity contribution in [1.82, 2.24) is 14.6 Å². The lowest BCUT2D eigenvalue weighted by Gasteiger charge is -2.14. The van der Waals surface area contributed by atoms with Gasteiger partial charge in [-0.05, 0) is 6.07 Å². The van der Waals surface area contributed by atoms with Crippen molar-refractivity contribution in [2.75, 3.05) is 19.0 Å². The molecule has 0 aliphatic rings. The number of aliphatic carboxylic acids is 1. The quantitative estimate of drug-likeness (QED) is 0.773. The fraction of sp³-hybridized carbons (Fsp3) is 0.300. The Morgan fingerprint density at radius 3 is 3.18 bits per heavy atom. The van der Waals surface area contributed by atoms with Crippen molar-refractivity contribution >= 4 is 17.3 Å². The maximum Gasteiger partial charge on any atom is 0.328 e. The van der Waals surface area contributed by atoms with Crippen molar-refractivity contribution in [3.05, 3.63) is 24.7 Å². The average Bonchev–Trinajstić information content (AvgIpc) is 2.77. The summed E-state index contributed by atoms with van der Waals surface area (Å²) >= 11 is 0. The Hall–Kier alpha value is -2.15. The second kappa shape index (κ2) is 4.79. The van der Waals surface area contributed by atoms with Gasteiger partial charge in [0.1, 0.15) is 11.6 Å². The normalized spacial score (nSPS) is 12.5. The van der Waals surface area contributed by atoms with Gasteiger partial charge in [0.15, 0.2) is 5.82 Å². The number of hydrogen-bond donors (Lipinski definition) is 2. The molecule has 2 aromatic heterocycles. The van der Waals surface area contributed by atoms with E-state index in [0.717, 1.165) is 5.52 Å². The molecule has 2 aromatic rings. The molecule has 2 rings (SSSR count). The third-order valence-corrected chi connectivity index (χ3v) is 2.27. The third kappa shape index (κ3) is 2.34. The molecule has 7 heteroatoms. The van der Waals surface area contributed by atoms with Gasteiger partial charge in [-0.25, -0.2) is 14.3 Å². The number of nitrogens with one attached hydrogen (secondary N) is 1. The summed E-state index contributed by atoms with van der Waals surface area (Å²) in [5.74, 6) is -0.524. The van der Waals surface area contributed by atoms with Crippen LogP contribution in [0.4, 0.5) is 5.82 Å². The highest BCUT2D eigenvalue weighted by atomic mass is 16.5. The molecule has 0 aromatic carbocycles. The Labute approximate surface area is 97.0 Å². The second-order valence-corrected chi connectivity index (χ2v) is 3.43. The van der Waals surface area contributed by atoms with Crippen LogP contribution in [-0.2, 0) is 9.53 Å². The Morgan fingerprint density at radius 2 is 2.47 bits per heavy atom. The lowest BCUT2D eigenvalue weighted by molar-refractivity contribution is -0.139. The van der Waals surface area contributed by atoms with E-state index in [0.29, 0.717) is 5.82 Å². The Balaban J connectivity index is 2.27. The van der Waals surface area contributed by atoms with Crippen LogP contribution in [0.5, 0.6) is 0 Å². The van der Waals surface area contributed by atoms with Crippen LogP contribution in [0.25, 0.3) is 5.52 Å². The summed E-state index contributed by atoms with van der Waals surface area (Å²) in [5.41, 5.74) is 0.717. The summed E-state index contributed by atoms with van der Waals surface area (Å²) in [7, 11) is 1.45. The van der Waals surface area contributed by atoms with E-state index in [1.807, 2.05) is 0 Å². The molecule has 2 N–H and O–H groups in total. The third-order valence-electron chi connectivity index (χ3n) is 2.27. The zero-order valence-electron chi connectivity index (χ0n) is 9.20. The van der Waals surface area contributed by atoms with E-state index in [2.05, 4.69) is 15.4 Å². The molecule has 1 unspecified atom stereocenters. The summed E-state index contributed by atoms with van der Waals surface area (Å²) in [6.07, 6.45) is 4.86. The Morgan fingerprint density at radius 1 is 1.65 bits per heavy atom. The summed E-state index contributed by atoms with van der Waals surface area (Å²) in [5, 5.41) is 15.8. The summed E-state index contributed by atoms with van der Waals surface area (Å²) in [6, 6.07) is 0.912. The Kier molecular flexibility index (Phi) is 3.20. The van der Waals surface area contributed by atoms with Gasteiger partial charge in [0.25, 0.3) is 0 Å². The zero-order valence-corrected chi connectivity index (χ0v) is 9.20. The number of anilines is 1. The number of ether oxygens (including phenoxy) is 1. The Bertz CT molecular complexity index is 525. The van der Waals surface area contributed by atoms with Gasteiger partial charge in [0, 0.05) is 19.5 Å². The van der Waals surface area contributed by atoms with Crippen LogP contribution in [0.3, 0.4) is 0 Å². The highest BCUT2D eigenvalue weighted by molar-refractivity contribution is 5.79. The van der Waals surface area contributed by atoms with Crippen molar-refractivity contribution in [3.8, 4) is 0 Å². The van der Waals surface area contributed by atoms with Gasteiger partial charge in [-0.2, -0.15) is 5.10 Å². The van der Waals surface area contributed by atoms with Gasteiger partial charge in [0.05, 0.1) is 12.8 Å². The molecule has 90 valence electrons. The summed E-state index contributed by atoms with van der Waals surface area (Å²) in [4.78, 5) is 15.1. The second-order valence-electron chi connectivity index (χ2n) is 3.43. The number of carbonyl (C=O) groups is 1. The van der Waals surface area contributed by atoms with Crippen molar-refractivity contribution < 1.29 is 14.6 Å². The van der Waals surface area contributed by atoms with Crippen LogP contribution in [0.15, 0.2) is 24.7 Å². The van der Waals surface area contributed by atoms with Gasteiger partial charge >= 0.3 is 5.97 Å². The topological polar surface area (TPSA) is 88.8 Å². The molecule has 0 amide bonds. The van der Waals surface area contributed by atoms with E-state index in [1.165, 1.54) is 7.11 Å². The molecule has 0 spiro atoms. The minimum atomic E-state index is -0.991. The number of fused-ring (bicyclic) bond motifs is 1. The smallest absolute Gasteiger partial charge is 0.328 e. The van der Waals surface area contributed by atoms with E-state index in [-0.39, 0.29) is 6.61 Å². The highest BCUT2D eigenvalue weighted by Gasteiger charge is 2.18. The molecule has 2 heterocycles. The number of nitrogens with zero attached hydrogens (tertiary/aromatic N) is 3. The predicted octanol–water partition coefficient (Wildman–Crippen LogP) is 0.241. The lowest BCUT2D eigenvalue weighted by Crippen LogP contribution is -2.34. The number of aromatic nitrogens is 3. The summed E-state index contributed by atoms with van der Waals surface area (Å²) in [6.45, 7) is 0.0617. The largest absolute Gasteiger partial charge is 0.480 e. The molecule has 0 aliphatic heterocycles. The number of rotatable bonds is 5. The average molecular weight is 236 g/mol. The minimum absolute atomic E-state index is 0.0617. The molecule has 1 atom stereocenters. The minimum Gasteiger partial charge on any atom is -0.480 e. The number of methoxy groups -OCH3 is 1. The van der Waals surface area contributed by atoms with Crippen LogP contribution in [0.1, 0.15) is 0 Å². The molecule has 0 radical (unpaired) electrons. The number of hydrogen-bond acceptors (Lipinski definition) is 5. The fourth-order valence-corrected chi connectivity index (χ4v) is 1.48. The maximum atomic E-state index is 11.0. The van der Waals surface area contributed by atoms with Crippen LogP contribution >= 0.6 is 0 Å². The predicted molar refractivity (Wildman–Crippen MR) is 59.9 cm³/mol. The van der Waals surface area contributed by atoms with E-state index >= 15 is 0 Å². The molecule has 0 fully saturated rings. The van der Waals surface area contributed by atoms with Gasteiger partial charge in [0.2, 0.25) is 0 Å². The number of carboxylic acids is 1. The SMILES string of the molecule is COCC(Nc1nccn2nccc12)C(=O)O. The molecule has 0 bridgehead atoms. The zero-order chi connectivity index (χ0) is 12.3. The standard InChI is InChI=1S/C10H12N4O3/c1-17-6-7(10(15)16)13-9-8-2-3-12-14(8)5-4-11-9/h2-5,7H,6H2,1H3,(H,11,13)(H,15,16). The van der Waals surface area contributed by atoms with Crippen molar-refractivity contribution in [1.29, 1.82) is 0 Å². The highest BCUT2D eigenvalue weighted by Crippen LogP contribution is 2.13. The summed E-state index contributed by atoms with van der Waals surface area (Å²) < 4.78 is 6.45. The monoisotopic (exact) mass is 236 g/mol. The lowest BCUT2D eigenvalue weighted by atomic mass is 10.3. The van der Waals surface area contributed by atoms with E-state index < -0.39 is 12.0 Å². The van der Waals surface area contributed by atoms with Gasteiger partial charge in [-0.15, -0.1) is 0 Å². The number of carboxylic acid groups (broad SMARTS) is 1. The van der Waals surface area contributed by atoms with E-state index in [4.69, 9.17) is 9.84 Å². The van der Waals surface area contributed by atoms with Crippen molar-refractivity contribution in [2.45, 2.75) is 6.04 Å². The van der Waals surface area contributed by atoms with E-state index in [9.17, 15) is 4.79 Å². The first-order valence-electron chi connectivity index (χ1n) is 4.99. The van der Waals surface area contributed by atoms with Gasteiger partial charge < -0.3 is 15.2 Å². The molecular formula is C10H12N4O3. The first-order valence-corrected chi connectivity index (χ1v) is 4.99. The van der Waals surface area contributed by atoms with Gasteiger partial charge in [-0.3, -0.25) is 0 Å². The fourth-order valence-electron chi connectivity index (χ4n) is 1.48. The van der Waals surface area contributed by atoms with E-state index in [1.54, 1.807) is 29.2 Å². The van der Waals surface area contributed by atoms with Crippen LogP contribution in [0.2, 0.25) is 0 Å². The first kappa shape index (κ1) is 11.3.